The van der Waals surface area contributed by atoms with E-state index in [1.807, 2.05) is 64.9 Å². The number of carboxylic acid groups (broad SMARTS) is 1. The van der Waals surface area contributed by atoms with Crippen molar-refractivity contribution < 1.29 is 38.6 Å². The number of benzene rings is 1. The summed E-state index contributed by atoms with van der Waals surface area (Å²) in [6.07, 6.45) is 0.755. The third-order valence-electron chi connectivity index (χ3n) is 11.7. The number of carboxylic acids is 1. The van der Waals surface area contributed by atoms with Crippen molar-refractivity contribution in [2.24, 2.45) is 22.9 Å². The van der Waals surface area contributed by atoms with Crippen LogP contribution in [0.4, 0.5) is 0 Å². The fourth-order valence-corrected chi connectivity index (χ4v) is 8.61. The maximum Gasteiger partial charge on any atom is 0.326 e. The standard InChI is InChI=1S/C40H64N8O8/c1-11-25(4)35(46(8)38(51)31-21-28(43-44-41)23-48(31)39(52)34(24(2)3)45(6)7)32(55-9)22-33(49)47-19-15-18-30(47)36(56-10)26(5)37(50)42-29(40(53)54)20-27-16-13-12-14-17-27/h12-14,16-17,24-26,28-32,34-36H,11,15,18-23H2,1-10H3,(H,42,50)(H,53,54)/t25-,26+,28-,29-,30-,31-,32+,34-,35-,36+/m0/s1. The van der Waals surface area contributed by atoms with E-state index in [1.165, 1.54) is 14.2 Å². The van der Waals surface area contributed by atoms with E-state index in [0.717, 1.165) is 5.56 Å². The van der Waals surface area contributed by atoms with Gasteiger partial charge in [-0.05, 0) is 56.3 Å². The predicted octanol–water partition coefficient (Wildman–Crippen LogP) is 3.58. The average molecular weight is 785 g/mol. The Kier molecular flexibility index (Phi) is 17.6. The number of rotatable bonds is 20. The van der Waals surface area contributed by atoms with Crippen LogP contribution in [-0.2, 0) is 39.9 Å². The van der Waals surface area contributed by atoms with Crippen LogP contribution in [0.15, 0.2) is 35.4 Å². The molecule has 0 bridgehead atoms. The summed E-state index contributed by atoms with van der Waals surface area (Å²) in [5.41, 5.74) is 10.00. The third-order valence-corrected chi connectivity index (χ3v) is 11.7. The zero-order chi connectivity index (χ0) is 41.9. The molecule has 4 amide bonds. The Labute approximate surface area is 331 Å². The van der Waals surface area contributed by atoms with Gasteiger partial charge in [-0.3, -0.25) is 24.1 Å². The highest BCUT2D eigenvalue weighted by molar-refractivity contribution is 5.91. The first-order valence-corrected chi connectivity index (χ1v) is 19.7. The molecular formula is C40H64N8O8. The topological polar surface area (TPSA) is 198 Å². The molecule has 2 aliphatic heterocycles. The Balaban J connectivity index is 1.82. The Morgan fingerprint density at radius 3 is 2.23 bits per heavy atom. The molecule has 10 atom stereocenters. The fourth-order valence-electron chi connectivity index (χ4n) is 8.61. The molecule has 0 spiro atoms. The zero-order valence-electron chi connectivity index (χ0n) is 34.8. The van der Waals surface area contributed by atoms with Gasteiger partial charge in [0.2, 0.25) is 23.6 Å². The molecule has 16 nitrogen and oxygen atoms in total. The van der Waals surface area contributed by atoms with Crippen molar-refractivity contribution >= 4 is 29.6 Å². The maximum absolute atomic E-state index is 14.5. The van der Waals surface area contributed by atoms with Crippen LogP contribution >= 0.6 is 0 Å². The molecule has 312 valence electrons. The first kappa shape index (κ1) is 46.1. The quantitative estimate of drug-likeness (QED) is 0.113. The Bertz CT molecular complexity index is 1530. The largest absolute Gasteiger partial charge is 0.480 e. The number of hydrogen-bond donors (Lipinski definition) is 2. The lowest BCUT2D eigenvalue weighted by molar-refractivity contribution is -0.152. The highest BCUT2D eigenvalue weighted by Gasteiger charge is 2.47. The van der Waals surface area contributed by atoms with Gasteiger partial charge in [-0.15, -0.1) is 0 Å². The molecule has 2 heterocycles. The highest BCUT2D eigenvalue weighted by atomic mass is 16.5. The van der Waals surface area contributed by atoms with Crippen LogP contribution < -0.4 is 5.32 Å². The predicted molar refractivity (Wildman–Crippen MR) is 211 cm³/mol. The van der Waals surface area contributed by atoms with Crippen molar-refractivity contribution in [3.63, 3.8) is 0 Å². The molecule has 0 saturated carbocycles. The number of hydrogen-bond acceptors (Lipinski definition) is 9. The van der Waals surface area contributed by atoms with Gasteiger partial charge in [-0.2, -0.15) is 0 Å². The molecule has 0 radical (unpaired) electrons. The molecule has 16 heteroatoms. The van der Waals surface area contributed by atoms with Gasteiger partial charge < -0.3 is 34.6 Å². The minimum Gasteiger partial charge on any atom is -0.480 e. The van der Waals surface area contributed by atoms with E-state index >= 15 is 0 Å². The van der Waals surface area contributed by atoms with Gasteiger partial charge in [-0.25, -0.2) is 4.79 Å². The van der Waals surface area contributed by atoms with Crippen molar-refractivity contribution in [3.05, 3.63) is 46.3 Å². The number of ether oxygens (including phenoxy) is 2. The SMILES string of the molecule is CC[C@H](C)[C@@H]([C@@H](CC(=O)N1CCC[C@H]1[C@H](OC)[C@@H](C)C(=O)N[C@@H](Cc1ccccc1)C(=O)O)OC)N(C)C(=O)[C@@H]1C[C@H](N=[N+]=[N-])CN1C(=O)[C@H](C(C)C)N(C)C. The van der Waals surface area contributed by atoms with Crippen molar-refractivity contribution in [2.45, 2.75) is 122 Å². The summed E-state index contributed by atoms with van der Waals surface area (Å²) >= 11 is 0. The van der Waals surface area contributed by atoms with E-state index in [4.69, 9.17) is 9.47 Å². The summed E-state index contributed by atoms with van der Waals surface area (Å²) in [6.45, 7) is 10.1. The lowest BCUT2D eigenvalue weighted by atomic mass is 9.89. The number of nitrogens with zero attached hydrogens (tertiary/aromatic N) is 7. The van der Waals surface area contributed by atoms with E-state index in [1.54, 1.807) is 40.8 Å². The molecule has 2 N–H and O–H groups in total. The summed E-state index contributed by atoms with van der Waals surface area (Å²) in [5.74, 6) is -3.31. The number of carbonyl (C=O) groups is 5. The molecular weight excluding hydrogens is 720 g/mol. The minimum atomic E-state index is -1.15. The number of aliphatic carboxylic acids is 1. The fraction of sp³-hybridized carbons (Fsp3) is 0.725. The first-order chi connectivity index (χ1) is 26.5. The van der Waals surface area contributed by atoms with Gasteiger partial charge in [0.1, 0.15) is 12.1 Å². The van der Waals surface area contributed by atoms with Crippen molar-refractivity contribution in [2.75, 3.05) is 48.5 Å². The molecule has 1 aromatic rings. The third kappa shape index (κ3) is 11.2. The second-order valence-corrected chi connectivity index (χ2v) is 15.9. The van der Waals surface area contributed by atoms with Crippen LogP contribution in [0.1, 0.15) is 72.3 Å². The maximum atomic E-state index is 14.5. The number of azide groups is 1. The number of likely N-dealkylation sites (N-methyl/N-ethyl adjacent to an activating group) is 2. The molecule has 0 aromatic heterocycles. The zero-order valence-corrected chi connectivity index (χ0v) is 34.8. The van der Waals surface area contributed by atoms with Gasteiger partial charge in [0.05, 0.1) is 48.7 Å². The van der Waals surface area contributed by atoms with Crippen molar-refractivity contribution in [1.82, 2.24) is 24.9 Å². The second kappa shape index (κ2) is 21.3. The number of likely N-dealkylation sites (tertiary alicyclic amines) is 2. The van der Waals surface area contributed by atoms with Gasteiger partial charge in [0.15, 0.2) is 0 Å². The van der Waals surface area contributed by atoms with Crippen LogP contribution in [0.25, 0.3) is 10.4 Å². The molecule has 0 aliphatic carbocycles. The lowest BCUT2D eigenvalue weighted by Crippen LogP contribution is -2.58. The van der Waals surface area contributed by atoms with Crippen LogP contribution in [0, 0.1) is 17.8 Å². The smallest absolute Gasteiger partial charge is 0.326 e. The van der Waals surface area contributed by atoms with Gasteiger partial charge in [0.25, 0.3) is 0 Å². The summed E-state index contributed by atoms with van der Waals surface area (Å²) < 4.78 is 11.9. The normalized spacial score (nSPS) is 22.1. The summed E-state index contributed by atoms with van der Waals surface area (Å²) in [5, 5.41) is 16.5. The van der Waals surface area contributed by atoms with E-state index in [2.05, 4.69) is 15.3 Å². The Morgan fingerprint density at radius 1 is 1.04 bits per heavy atom. The van der Waals surface area contributed by atoms with Gasteiger partial charge >= 0.3 is 5.97 Å². The lowest BCUT2D eigenvalue weighted by Gasteiger charge is -2.41. The number of methoxy groups -OCH3 is 2. The average Bonchev–Trinajstić information content (AvgIpc) is 3.82. The van der Waals surface area contributed by atoms with E-state index < -0.39 is 66.3 Å². The Morgan fingerprint density at radius 2 is 1.70 bits per heavy atom. The summed E-state index contributed by atoms with van der Waals surface area (Å²) in [4.78, 5) is 77.9. The Hall–Kier alpha value is -4.24. The van der Waals surface area contributed by atoms with Crippen molar-refractivity contribution in [3.8, 4) is 0 Å². The van der Waals surface area contributed by atoms with Crippen LogP contribution in [0.3, 0.4) is 0 Å². The molecule has 2 saturated heterocycles. The summed E-state index contributed by atoms with van der Waals surface area (Å²) in [7, 11) is 8.31. The van der Waals surface area contributed by atoms with E-state index in [0.29, 0.717) is 25.8 Å². The first-order valence-electron chi connectivity index (χ1n) is 19.7. The van der Waals surface area contributed by atoms with Crippen molar-refractivity contribution in [1.29, 1.82) is 0 Å². The highest BCUT2D eigenvalue weighted by Crippen LogP contribution is 2.31. The van der Waals surface area contributed by atoms with Crippen LogP contribution in [-0.4, -0.2) is 151 Å². The molecule has 2 aliphatic rings. The minimum absolute atomic E-state index is 0.0352. The van der Waals surface area contributed by atoms with E-state index in [-0.39, 0.29) is 55.4 Å². The molecule has 0 unspecified atom stereocenters. The monoisotopic (exact) mass is 784 g/mol. The molecule has 2 fully saturated rings. The molecule has 3 rings (SSSR count). The van der Waals surface area contributed by atoms with Crippen LogP contribution in [0.2, 0.25) is 0 Å². The van der Waals surface area contributed by atoms with Gasteiger partial charge in [0, 0.05) is 45.7 Å². The molecule has 56 heavy (non-hydrogen) atoms. The van der Waals surface area contributed by atoms with Gasteiger partial charge in [-0.1, -0.05) is 76.5 Å². The number of nitrogens with one attached hydrogen (secondary N) is 1. The second-order valence-electron chi connectivity index (χ2n) is 15.9. The van der Waals surface area contributed by atoms with E-state index in [9.17, 15) is 34.6 Å². The summed E-state index contributed by atoms with van der Waals surface area (Å²) in [6, 6.07) is 5.00. The number of carbonyl (C=O) groups excluding carboxylic acids is 4. The number of amides is 4. The van der Waals surface area contributed by atoms with Crippen LogP contribution in [0.5, 0.6) is 0 Å². The molecule has 1 aromatic carbocycles.